The average molecular weight is 436 g/mol. The number of rotatable bonds is 5. The van der Waals surface area contributed by atoms with Gasteiger partial charge in [0.05, 0.1) is 36.2 Å². The Morgan fingerprint density at radius 1 is 1.13 bits per heavy atom. The molecular formula is C22H33N3O4S. The molecule has 3 atom stereocenters. The topological polar surface area (TPSA) is 90.0 Å². The van der Waals surface area contributed by atoms with Crippen LogP contribution in [0.4, 0.5) is 0 Å². The number of nitrogens with zero attached hydrogens (tertiary/aromatic N) is 2. The Kier molecular flexibility index (Phi) is 6.48. The minimum absolute atomic E-state index is 0.0112. The van der Waals surface area contributed by atoms with E-state index in [4.69, 9.17) is 0 Å². The van der Waals surface area contributed by atoms with Crippen molar-refractivity contribution in [1.82, 2.24) is 15.1 Å². The minimum atomic E-state index is -3.14. The van der Waals surface area contributed by atoms with Crippen LogP contribution >= 0.6 is 0 Å². The summed E-state index contributed by atoms with van der Waals surface area (Å²) in [5, 5.41) is 13.2. The maximum Gasteiger partial charge on any atom is 0.234 e. The van der Waals surface area contributed by atoms with Crippen LogP contribution in [0.2, 0.25) is 0 Å². The van der Waals surface area contributed by atoms with Crippen LogP contribution in [0.5, 0.6) is 0 Å². The van der Waals surface area contributed by atoms with Gasteiger partial charge in [0.2, 0.25) is 5.91 Å². The maximum absolute atomic E-state index is 12.6. The number of benzene rings is 1. The molecule has 8 heteroatoms. The number of aliphatic hydroxyl groups is 1. The average Bonchev–Trinajstić information content (AvgIpc) is 3.00. The highest BCUT2D eigenvalue weighted by molar-refractivity contribution is 7.91. The zero-order valence-electron chi connectivity index (χ0n) is 17.7. The van der Waals surface area contributed by atoms with Crippen LogP contribution in [0, 0.1) is 0 Å². The number of carbonyl (C=O) groups is 1. The van der Waals surface area contributed by atoms with E-state index >= 15 is 0 Å². The Morgan fingerprint density at radius 2 is 1.83 bits per heavy atom. The van der Waals surface area contributed by atoms with E-state index < -0.39 is 15.9 Å². The third-order valence-electron chi connectivity index (χ3n) is 6.79. The number of sulfone groups is 1. The molecule has 4 rings (SSSR count). The molecule has 0 radical (unpaired) electrons. The normalized spacial score (nSPS) is 28.1. The zero-order chi connectivity index (χ0) is 21.3. The first-order chi connectivity index (χ1) is 14.3. The van der Waals surface area contributed by atoms with Gasteiger partial charge >= 0.3 is 0 Å². The molecule has 1 amide bonds. The van der Waals surface area contributed by atoms with E-state index in [1.807, 2.05) is 6.92 Å². The molecule has 3 aliphatic rings. The highest BCUT2D eigenvalue weighted by Crippen LogP contribution is 2.25. The third kappa shape index (κ3) is 5.04. The lowest BCUT2D eigenvalue weighted by Gasteiger charge is -2.38. The second-order valence-corrected chi connectivity index (χ2v) is 11.2. The SMILES string of the molecule is C[C@H](NC(=O)CN1CCN([C@@H]2CS(=O)(=O)C[C@@H]2O)CC1)c1ccc2c(c1)CCCC2. The van der Waals surface area contributed by atoms with Crippen molar-refractivity contribution in [3.8, 4) is 0 Å². The van der Waals surface area contributed by atoms with Gasteiger partial charge in [-0.15, -0.1) is 0 Å². The first kappa shape index (κ1) is 21.7. The molecule has 0 spiro atoms. The Bertz CT molecular complexity index is 880. The highest BCUT2D eigenvalue weighted by Gasteiger charge is 2.40. The molecule has 0 aromatic heterocycles. The highest BCUT2D eigenvalue weighted by atomic mass is 32.2. The van der Waals surface area contributed by atoms with E-state index in [1.165, 1.54) is 24.0 Å². The summed E-state index contributed by atoms with van der Waals surface area (Å²) in [6.07, 6.45) is 3.99. The second kappa shape index (κ2) is 8.94. The lowest BCUT2D eigenvalue weighted by Crippen LogP contribution is -2.55. The van der Waals surface area contributed by atoms with Crippen LogP contribution in [0.15, 0.2) is 18.2 Å². The number of aryl methyl sites for hydroxylation is 2. The predicted octanol–water partition coefficient (Wildman–Crippen LogP) is 0.518. The number of hydrogen-bond donors (Lipinski definition) is 2. The molecule has 0 unspecified atom stereocenters. The Morgan fingerprint density at radius 3 is 2.50 bits per heavy atom. The molecule has 0 bridgehead atoms. The number of piperazine rings is 1. The summed E-state index contributed by atoms with van der Waals surface area (Å²) in [6.45, 7) is 5.11. The molecule has 166 valence electrons. The predicted molar refractivity (Wildman–Crippen MR) is 116 cm³/mol. The van der Waals surface area contributed by atoms with Crippen LogP contribution < -0.4 is 5.32 Å². The van der Waals surface area contributed by atoms with Gasteiger partial charge in [-0.2, -0.15) is 0 Å². The van der Waals surface area contributed by atoms with E-state index in [0.717, 1.165) is 18.4 Å². The van der Waals surface area contributed by atoms with Crippen molar-refractivity contribution < 1.29 is 18.3 Å². The lowest BCUT2D eigenvalue weighted by molar-refractivity contribution is -0.123. The van der Waals surface area contributed by atoms with E-state index in [0.29, 0.717) is 32.7 Å². The van der Waals surface area contributed by atoms with Crippen LogP contribution in [0.3, 0.4) is 0 Å². The smallest absolute Gasteiger partial charge is 0.234 e. The number of aliphatic hydroxyl groups excluding tert-OH is 1. The summed E-state index contributed by atoms with van der Waals surface area (Å²) in [7, 11) is -3.14. The fourth-order valence-corrected chi connectivity index (χ4v) is 6.84. The monoisotopic (exact) mass is 435 g/mol. The molecule has 2 N–H and O–H groups in total. The summed E-state index contributed by atoms with van der Waals surface area (Å²) < 4.78 is 23.5. The third-order valence-corrected chi connectivity index (χ3v) is 8.49. The van der Waals surface area contributed by atoms with Gasteiger partial charge in [0.1, 0.15) is 0 Å². The maximum atomic E-state index is 12.6. The summed E-state index contributed by atoms with van der Waals surface area (Å²) in [5.41, 5.74) is 4.03. The van der Waals surface area contributed by atoms with Crippen molar-refractivity contribution in [3.05, 3.63) is 34.9 Å². The van der Waals surface area contributed by atoms with Crippen molar-refractivity contribution in [2.45, 2.75) is 50.8 Å². The summed E-state index contributed by atoms with van der Waals surface area (Å²) in [6, 6.07) is 6.26. The van der Waals surface area contributed by atoms with Gasteiger partial charge in [-0.1, -0.05) is 18.2 Å². The van der Waals surface area contributed by atoms with Crippen molar-refractivity contribution in [3.63, 3.8) is 0 Å². The molecule has 2 heterocycles. The lowest BCUT2D eigenvalue weighted by atomic mass is 9.89. The first-order valence-electron chi connectivity index (χ1n) is 11.1. The zero-order valence-corrected chi connectivity index (χ0v) is 18.5. The summed E-state index contributed by atoms with van der Waals surface area (Å²) >= 11 is 0. The fourth-order valence-electron chi connectivity index (χ4n) is 5.01. The van der Waals surface area contributed by atoms with E-state index in [1.54, 1.807) is 0 Å². The standard InChI is InChI=1S/C22H33N3O4S/c1-16(18-7-6-17-4-2-3-5-19(17)12-18)23-22(27)13-24-8-10-25(11-9-24)20-14-30(28,29)15-21(20)26/h6-7,12,16,20-21,26H,2-5,8-11,13-15H2,1H3,(H,23,27)/t16-,20+,21-/m0/s1. The quantitative estimate of drug-likeness (QED) is 0.701. The summed E-state index contributed by atoms with van der Waals surface area (Å²) in [4.78, 5) is 16.7. The Hall–Kier alpha value is -1.48. The van der Waals surface area contributed by atoms with Crippen LogP contribution in [0.1, 0.15) is 42.5 Å². The van der Waals surface area contributed by atoms with Gasteiger partial charge in [-0.25, -0.2) is 8.42 Å². The Balaban J connectivity index is 1.25. The number of fused-ring (bicyclic) bond motifs is 1. The molecule has 2 aliphatic heterocycles. The molecule has 7 nitrogen and oxygen atoms in total. The fraction of sp³-hybridized carbons (Fsp3) is 0.682. The van der Waals surface area contributed by atoms with E-state index in [-0.39, 0.29) is 29.5 Å². The van der Waals surface area contributed by atoms with Gasteiger partial charge in [0, 0.05) is 26.2 Å². The van der Waals surface area contributed by atoms with Gasteiger partial charge in [-0.3, -0.25) is 14.6 Å². The number of nitrogens with one attached hydrogen (secondary N) is 1. The second-order valence-electron chi connectivity index (χ2n) is 9.05. The molecule has 30 heavy (non-hydrogen) atoms. The van der Waals surface area contributed by atoms with Crippen LogP contribution in [-0.4, -0.2) is 85.6 Å². The van der Waals surface area contributed by atoms with Gasteiger partial charge in [0.15, 0.2) is 9.84 Å². The molecule has 0 saturated carbocycles. The van der Waals surface area contributed by atoms with E-state index in [2.05, 4.69) is 33.3 Å². The van der Waals surface area contributed by atoms with Crippen LogP contribution in [0.25, 0.3) is 0 Å². The van der Waals surface area contributed by atoms with E-state index in [9.17, 15) is 18.3 Å². The molecule has 1 aliphatic carbocycles. The number of hydrogen-bond acceptors (Lipinski definition) is 6. The molecular weight excluding hydrogens is 402 g/mol. The van der Waals surface area contributed by atoms with Crippen molar-refractivity contribution >= 4 is 15.7 Å². The molecule has 1 aromatic carbocycles. The number of amides is 1. The van der Waals surface area contributed by atoms with Crippen molar-refractivity contribution in [2.75, 3.05) is 44.2 Å². The molecule has 1 aromatic rings. The van der Waals surface area contributed by atoms with Crippen LogP contribution in [-0.2, 0) is 27.5 Å². The first-order valence-corrected chi connectivity index (χ1v) is 12.9. The van der Waals surface area contributed by atoms with Gasteiger partial charge in [-0.05, 0) is 49.3 Å². The van der Waals surface area contributed by atoms with Gasteiger partial charge < -0.3 is 10.4 Å². The van der Waals surface area contributed by atoms with Gasteiger partial charge in [0.25, 0.3) is 0 Å². The Labute approximate surface area is 179 Å². The van der Waals surface area contributed by atoms with Crippen molar-refractivity contribution in [1.29, 1.82) is 0 Å². The van der Waals surface area contributed by atoms with Crippen molar-refractivity contribution in [2.24, 2.45) is 0 Å². The number of carbonyl (C=O) groups excluding carboxylic acids is 1. The minimum Gasteiger partial charge on any atom is -0.390 e. The molecule has 2 fully saturated rings. The molecule has 2 saturated heterocycles. The summed E-state index contributed by atoms with van der Waals surface area (Å²) in [5.74, 6) is -0.0921. The largest absolute Gasteiger partial charge is 0.390 e.